The highest BCUT2D eigenvalue weighted by molar-refractivity contribution is 7.89. The van der Waals surface area contributed by atoms with Crippen LogP contribution in [0.1, 0.15) is 0 Å². The molecule has 0 saturated heterocycles. The summed E-state index contributed by atoms with van der Waals surface area (Å²) in [5.41, 5.74) is 0. The Morgan fingerprint density at radius 3 is 2.79 bits per heavy atom. The number of halogens is 2. The average molecular weight is 321 g/mol. The number of sulfonamides is 1. The van der Waals surface area contributed by atoms with E-state index >= 15 is 0 Å². The highest BCUT2D eigenvalue weighted by Crippen LogP contribution is 2.21. The maximum absolute atomic E-state index is 11.9. The highest BCUT2D eigenvalue weighted by Gasteiger charge is 2.15. The zero-order chi connectivity index (χ0) is 13.9. The normalized spacial score (nSPS) is 11.7. The van der Waals surface area contributed by atoms with E-state index < -0.39 is 10.0 Å². The summed E-state index contributed by atoms with van der Waals surface area (Å²) in [6, 6.07) is 3.02. The zero-order valence-corrected chi connectivity index (χ0v) is 12.0. The lowest BCUT2D eigenvalue weighted by atomic mass is 10.5. The number of pyridine rings is 1. The van der Waals surface area contributed by atoms with E-state index in [1.165, 1.54) is 6.07 Å². The molecule has 19 heavy (non-hydrogen) atoms. The van der Waals surface area contributed by atoms with E-state index in [1.54, 1.807) is 23.1 Å². The molecule has 0 bridgehead atoms. The molecule has 102 valence electrons. The lowest BCUT2D eigenvalue weighted by molar-refractivity contribution is 0.560. The number of nitrogens with zero attached hydrogens (tertiary/aromatic N) is 3. The second-order valence-corrected chi connectivity index (χ2v) is 6.14. The van der Waals surface area contributed by atoms with Gasteiger partial charge in [0, 0.05) is 25.1 Å². The monoisotopic (exact) mass is 320 g/mol. The van der Waals surface area contributed by atoms with Crippen molar-refractivity contribution in [1.82, 2.24) is 19.5 Å². The Labute approximate surface area is 120 Å². The smallest absolute Gasteiger partial charge is 0.242 e. The van der Waals surface area contributed by atoms with Crippen LogP contribution in [0.15, 0.2) is 35.6 Å². The summed E-state index contributed by atoms with van der Waals surface area (Å²) in [6.07, 6.45) is 4.52. The van der Waals surface area contributed by atoms with Gasteiger partial charge >= 0.3 is 0 Å². The molecule has 0 atom stereocenters. The van der Waals surface area contributed by atoms with Crippen LogP contribution in [0.3, 0.4) is 0 Å². The molecule has 1 N–H and O–H groups in total. The fourth-order valence-electron chi connectivity index (χ4n) is 1.36. The molecule has 0 saturated carbocycles. The Hall–Kier alpha value is -1.15. The summed E-state index contributed by atoms with van der Waals surface area (Å²) in [5, 5.41) is 4.13. The third-order valence-electron chi connectivity index (χ3n) is 2.27. The summed E-state index contributed by atoms with van der Waals surface area (Å²) in [7, 11) is -3.65. The predicted molar refractivity (Wildman–Crippen MR) is 71.7 cm³/mol. The van der Waals surface area contributed by atoms with E-state index in [1.807, 2.05) is 0 Å². The van der Waals surface area contributed by atoms with Crippen LogP contribution in [0, 0.1) is 0 Å². The molecular weight excluding hydrogens is 311 g/mol. The SMILES string of the molecule is O=S(=O)(NCCn1cccn1)c1cnc(Cl)c(Cl)c1. The summed E-state index contributed by atoms with van der Waals surface area (Å²) < 4.78 is 27.9. The van der Waals surface area contributed by atoms with Gasteiger partial charge in [0.15, 0.2) is 0 Å². The van der Waals surface area contributed by atoms with Crippen LogP contribution in [-0.4, -0.2) is 29.7 Å². The predicted octanol–water partition coefficient (Wildman–Crippen LogP) is 1.56. The fraction of sp³-hybridized carbons (Fsp3) is 0.200. The summed E-state index contributed by atoms with van der Waals surface area (Å²) in [4.78, 5) is 3.67. The van der Waals surface area contributed by atoms with E-state index in [9.17, 15) is 8.42 Å². The van der Waals surface area contributed by atoms with Gasteiger partial charge in [-0.05, 0) is 12.1 Å². The van der Waals surface area contributed by atoms with Gasteiger partial charge in [-0.25, -0.2) is 18.1 Å². The van der Waals surface area contributed by atoms with Crippen molar-refractivity contribution in [3.05, 3.63) is 40.9 Å². The Balaban J connectivity index is 2.03. The van der Waals surface area contributed by atoms with Crippen LogP contribution in [0.2, 0.25) is 10.2 Å². The lowest BCUT2D eigenvalue weighted by Crippen LogP contribution is -2.27. The van der Waals surface area contributed by atoms with Crippen molar-refractivity contribution in [2.24, 2.45) is 0 Å². The fourth-order valence-corrected chi connectivity index (χ4v) is 2.69. The third kappa shape index (κ3) is 3.66. The minimum Gasteiger partial charge on any atom is -0.271 e. The maximum Gasteiger partial charge on any atom is 0.242 e. The zero-order valence-electron chi connectivity index (χ0n) is 9.62. The van der Waals surface area contributed by atoms with Gasteiger partial charge in [-0.2, -0.15) is 5.10 Å². The standard InChI is InChI=1S/C10H10Cl2N4O2S/c11-9-6-8(7-13-10(9)12)19(17,18)15-3-5-16-4-1-2-14-16/h1-2,4,6-7,15H,3,5H2. The van der Waals surface area contributed by atoms with Gasteiger partial charge in [0.05, 0.1) is 11.6 Å². The highest BCUT2D eigenvalue weighted by atomic mass is 35.5. The summed E-state index contributed by atoms with van der Waals surface area (Å²) in [5.74, 6) is 0. The first kappa shape index (κ1) is 14.3. The Morgan fingerprint density at radius 2 is 2.16 bits per heavy atom. The maximum atomic E-state index is 11.9. The van der Waals surface area contributed by atoms with Gasteiger partial charge in [0.1, 0.15) is 10.0 Å². The first-order valence-electron chi connectivity index (χ1n) is 5.27. The van der Waals surface area contributed by atoms with E-state index in [2.05, 4.69) is 14.8 Å². The Morgan fingerprint density at radius 1 is 1.37 bits per heavy atom. The molecule has 0 unspecified atom stereocenters. The molecule has 0 aliphatic rings. The molecule has 2 aromatic heterocycles. The summed E-state index contributed by atoms with van der Waals surface area (Å²) in [6.45, 7) is 0.644. The number of hydrogen-bond donors (Lipinski definition) is 1. The van der Waals surface area contributed by atoms with Crippen molar-refractivity contribution < 1.29 is 8.42 Å². The molecule has 2 aromatic rings. The largest absolute Gasteiger partial charge is 0.271 e. The molecule has 6 nitrogen and oxygen atoms in total. The van der Waals surface area contributed by atoms with E-state index in [4.69, 9.17) is 23.2 Å². The number of hydrogen-bond acceptors (Lipinski definition) is 4. The van der Waals surface area contributed by atoms with Crippen LogP contribution in [0.25, 0.3) is 0 Å². The van der Waals surface area contributed by atoms with Crippen molar-refractivity contribution in [3.63, 3.8) is 0 Å². The first-order chi connectivity index (χ1) is 8.99. The topological polar surface area (TPSA) is 76.9 Å². The quantitative estimate of drug-likeness (QED) is 0.848. The Bertz CT molecular complexity index is 658. The first-order valence-corrected chi connectivity index (χ1v) is 7.51. The van der Waals surface area contributed by atoms with Crippen molar-refractivity contribution in [2.45, 2.75) is 11.4 Å². The van der Waals surface area contributed by atoms with Gasteiger partial charge in [-0.3, -0.25) is 4.68 Å². The molecule has 0 aliphatic carbocycles. The van der Waals surface area contributed by atoms with Crippen LogP contribution in [0.5, 0.6) is 0 Å². The second-order valence-electron chi connectivity index (χ2n) is 3.61. The van der Waals surface area contributed by atoms with Gasteiger partial charge in [-0.1, -0.05) is 23.2 Å². The molecule has 9 heteroatoms. The average Bonchev–Trinajstić information content (AvgIpc) is 2.85. The van der Waals surface area contributed by atoms with Gasteiger partial charge in [-0.15, -0.1) is 0 Å². The molecule has 0 aromatic carbocycles. The van der Waals surface area contributed by atoms with Crippen molar-refractivity contribution >= 4 is 33.2 Å². The molecule has 0 fully saturated rings. The minimum atomic E-state index is -3.65. The number of aromatic nitrogens is 3. The van der Waals surface area contributed by atoms with Crippen molar-refractivity contribution in [3.8, 4) is 0 Å². The molecule has 0 spiro atoms. The van der Waals surface area contributed by atoms with Crippen molar-refractivity contribution in [1.29, 1.82) is 0 Å². The molecule has 0 aliphatic heterocycles. The molecule has 0 radical (unpaired) electrons. The second kappa shape index (κ2) is 5.87. The van der Waals surface area contributed by atoms with Crippen LogP contribution in [-0.2, 0) is 16.6 Å². The molecule has 2 rings (SSSR count). The number of nitrogens with one attached hydrogen (secondary N) is 1. The van der Waals surface area contributed by atoms with Crippen LogP contribution < -0.4 is 4.72 Å². The van der Waals surface area contributed by atoms with Gasteiger partial charge < -0.3 is 0 Å². The van der Waals surface area contributed by atoms with E-state index in [0.717, 1.165) is 6.20 Å². The van der Waals surface area contributed by atoms with Crippen molar-refractivity contribution in [2.75, 3.05) is 6.54 Å². The van der Waals surface area contributed by atoms with Gasteiger partial charge in [0.25, 0.3) is 0 Å². The van der Waals surface area contributed by atoms with Crippen LogP contribution >= 0.6 is 23.2 Å². The van der Waals surface area contributed by atoms with E-state index in [-0.39, 0.29) is 21.6 Å². The lowest BCUT2D eigenvalue weighted by Gasteiger charge is -2.07. The molecule has 0 amide bonds. The molecule has 2 heterocycles. The van der Waals surface area contributed by atoms with Gasteiger partial charge in [0.2, 0.25) is 10.0 Å². The minimum absolute atomic E-state index is 0.0256. The number of rotatable bonds is 5. The summed E-state index contributed by atoms with van der Waals surface area (Å²) >= 11 is 11.4. The third-order valence-corrected chi connectivity index (χ3v) is 4.39. The van der Waals surface area contributed by atoms with Crippen LogP contribution in [0.4, 0.5) is 0 Å². The van der Waals surface area contributed by atoms with E-state index in [0.29, 0.717) is 6.54 Å². The Kier molecular flexibility index (Phi) is 4.41. The molecular formula is C10H10Cl2N4O2S.